The molecule has 0 atom stereocenters. The third-order valence-electron chi connectivity index (χ3n) is 3.61. The van der Waals surface area contributed by atoms with Crippen LogP contribution in [0.3, 0.4) is 0 Å². The molecule has 0 radical (unpaired) electrons. The maximum absolute atomic E-state index is 3.63. The van der Waals surface area contributed by atoms with Crippen LogP contribution in [0, 0.1) is 5.92 Å². The van der Waals surface area contributed by atoms with Crippen LogP contribution in [0.1, 0.15) is 57.2 Å². The van der Waals surface area contributed by atoms with Gasteiger partial charge in [0.25, 0.3) is 0 Å². The highest BCUT2D eigenvalue weighted by atomic mass is 32.1. The molecule has 0 aromatic carbocycles. The van der Waals surface area contributed by atoms with E-state index in [0.717, 1.165) is 12.6 Å². The molecule has 0 unspecified atom stereocenters. The first-order valence-electron chi connectivity index (χ1n) is 7.40. The molecule has 1 aliphatic carbocycles. The molecule has 1 heterocycles. The van der Waals surface area contributed by atoms with Gasteiger partial charge < -0.3 is 5.32 Å². The van der Waals surface area contributed by atoms with Crippen molar-refractivity contribution in [2.24, 2.45) is 5.92 Å². The van der Waals surface area contributed by atoms with Crippen LogP contribution in [0.5, 0.6) is 0 Å². The van der Waals surface area contributed by atoms with Crippen molar-refractivity contribution < 1.29 is 0 Å². The monoisotopic (exact) mass is 277 g/mol. The summed E-state index contributed by atoms with van der Waals surface area (Å²) in [7, 11) is 0. The maximum Gasteiger partial charge on any atom is 0.0273 e. The number of hydrogen-bond acceptors (Lipinski definition) is 2. The molecule has 0 spiro atoms. The molecule has 1 aromatic rings. The van der Waals surface area contributed by atoms with Crippen molar-refractivity contribution in [3.8, 4) is 0 Å². The van der Waals surface area contributed by atoms with Gasteiger partial charge in [-0.25, -0.2) is 0 Å². The van der Waals surface area contributed by atoms with Crippen LogP contribution in [0.4, 0.5) is 0 Å². The molecule has 1 saturated carbocycles. The van der Waals surface area contributed by atoms with Crippen molar-refractivity contribution in [2.75, 3.05) is 6.54 Å². The van der Waals surface area contributed by atoms with Crippen LogP contribution in [0.2, 0.25) is 0 Å². The van der Waals surface area contributed by atoms with E-state index in [0.29, 0.717) is 5.92 Å². The number of nitrogens with one attached hydrogen (secondary N) is 1. The summed E-state index contributed by atoms with van der Waals surface area (Å²) >= 11 is 1.93. The van der Waals surface area contributed by atoms with E-state index in [9.17, 15) is 0 Å². The quantitative estimate of drug-likeness (QED) is 0.812. The zero-order chi connectivity index (χ0) is 14.0. The summed E-state index contributed by atoms with van der Waals surface area (Å²) in [6.45, 7) is 12.5. The zero-order valence-electron chi connectivity index (χ0n) is 12.9. The molecule has 0 saturated heterocycles. The third-order valence-corrected chi connectivity index (χ3v) is 5.07. The fourth-order valence-corrected chi connectivity index (χ4v) is 3.03. The van der Waals surface area contributed by atoms with E-state index >= 15 is 0 Å². The minimum atomic E-state index is 0.265. The Hall–Kier alpha value is -0.600. The van der Waals surface area contributed by atoms with Crippen LogP contribution in [-0.4, -0.2) is 12.6 Å². The van der Waals surface area contributed by atoms with Crippen LogP contribution in [0.25, 0.3) is 6.08 Å². The highest BCUT2D eigenvalue weighted by molar-refractivity contribution is 7.13. The molecule has 106 valence electrons. The Morgan fingerprint density at radius 3 is 2.53 bits per heavy atom. The molecule has 19 heavy (non-hydrogen) atoms. The summed E-state index contributed by atoms with van der Waals surface area (Å²) in [6.07, 6.45) is 5.11. The molecule has 2 rings (SSSR count). The topological polar surface area (TPSA) is 12.0 Å². The lowest BCUT2D eigenvalue weighted by atomic mass is 9.95. The van der Waals surface area contributed by atoms with E-state index in [1.165, 1.54) is 28.2 Å². The second-order valence-electron chi connectivity index (χ2n) is 6.98. The summed E-state index contributed by atoms with van der Waals surface area (Å²) in [5.74, 6) is 0.617. The molecule has 1 N–H and O–H groups in total. The maximum atomic E-state index is 3.63. The first-order valence-corrected chi connectivity index (χ1v) is 8.22. The van der Waals surface area contributed by atoms with Gasteiger partial charge in [0.1, 0.15) is 0 Å². The van der Waals surface area contributed by atoms with Gasteiger partial charge in [-0.05, 0) is 42.4 Å². The van der Waals surface area contributed by atoms with Gasteiger partial charge in [-0.3, -0.25) is 0 Å². The van der Waals surface area contributed by atoms with Crippen LogP contribution in [0.15, 0.2) is 17.7 Å². The zero-order valence-corrected chi connectivity index (χ0v) is 13.7. The molecule has 0 aliphatic heterocycles. The summed E-state index contributed by atoms with van der Waals surface area (Å²) < 4.78 is 0. The number of thiophene rings is 1. The van der Waals surface area contributed by atoms with Gasteiger partial charge in [-0.2, -0.15) is 0 Å². The highest BCUT2D eigenvalue weighted by Crippen LogP contribution is 2.31. The molecular weight excluding hydrogens is 250 g/mol. The highest BCUT2D eigenvalue weighted by Gasteiger charge is 2.21. The molecule has 0 bridgehead atoms. The van der Waals surface area contributed by atoms with Crippen LogP contribution >= 0.6 is 11.3 Å². The smallest absolute Gasteiger partial charge is 0.0273 e. The lowest BCUT2D eigenvalue weighted by Crippen LogP contribution is -2.21. The van der Waals surface area contributed by atoms with Crippen molar-refractivity contribution in [1.82, 2.24) is 5.32 Å². The van der Waals surface area contributed by atoms with Crippen molar-refractivity contribution in [3.63, 3.8) is 0 Å². The van der Waals surface area contributed by atoms with E-state index < -0.39 is 0 Å². The van der Waals surface area contributed by atoms with E-state index in [1.54, 1.807) is 0 Å². The molecule has 1 fully saturated rings. The van der Waals surface area contributed by atoms with Crippen molar-refractivity contribution in [2.45, 2.75) is 58.9 Å². The lowest BCUT2D eigenvalue weighted by molar-refractivity contribution is 0.604. The van der Waals surface area contributed by atoms with E-state index in [2.05, 4.69) is 58.1 Å². The predicted molar refractivity (Wildman–Crippen MR) is 86.9 cm³/mol. The van der Waals surface area contributed by atoms with Gasteiger partial charge in [0.15, 0.2) is 0 Å². The van der Waals surface area contributed by atoms with Gasteiger partial charge in [-0.1, -0.05) is 40.2 Å². The molecule has 1 aromatic heterocycles. The van der Waals surface area contributed by atoms with Crippen molar-refractivity contribution >= 4 is 17.4 Å². The average molecular weight is 277 g/mol. The Morgan fingerprint density at radius 2 is 2.05 bits per heavy atom. The normalized spacial score (nSPS) is 17.3. The van der Waals surface area contributed by atoms with E-state index in [4.69, 9.17) is 0 Å². The molecule has 2 heteroatoms. The van der Waals surface area contributed by atoms with Gasteiger partial charge in [-0.15, -0.1) is 11.3 Å². The SMILES string of the molecule is CC(C)/C(=C/c1ccc(C(C)(C)C)s1)CNC1CC1. The fourth-order valence-electron chi connectivity index (χ4n) is 1.99. The Morgan fingerprint density at radius 1 is 1.37 bits per heavy atom. The summed E-state index contributed by atoms with van der Waals surface area (Å²) in [5.41, 5.74) is 1.79. The average Bonchev–Trinajstić information content (AvgIpc) is 2.99. The Labute approximate surface area is 122 Å². The second-order valence-corrected chi connectivity index (χ2v) is 8.10. The second kappa shape index (κ2) is 5.80. The molecule has 1 nitrogen and oxygen atoms in total. The first kappa shape index (κ1) is 14.8. The summed E-state index contributed by atoms with van der Waals surface area (Å²) in [4.78, 5) is 2.86. The van der Waals surface area contributed by atoms with Crippen LogP contribution in [-0.2, 0) is 5.41 Å². The molecule has 0 amide bonds. The number of hydrogen-bond donors (Lipinski definition) is 1. The minimum absolute atomic E-state index is 0.265. The Bertz CT molecular complexity index is 444. The first-order chi connectivity index (χ1) is 8.86. The lowest BCUT2D eigenvalue weighted by Gasteiger charge is -2.15. The van der Waals surface area contributed by atoms with Gasteiger partial charge in [0.2, 0.25) is 0 Å². The largest absolute Gasteiger partial charge is 0.310 e. The third kappa shape index (κ3) is 4.47. The molecular formula is C17H27NS. The van der Waals surface area contributed by atoms with Crippen molar-refractivity contribution in [1.29, 1.82) is 0 Å². The standard InChI is InChI=1S/C17H27NS/c1-12(2)13(11-18-14-6-7-14)10-15-8-9-16(19-15)17(3,4)5/h8-10,12,14,18H,6-7,11H2,1-5H3/b13-10+. The summed E-state index contributed by atoms with van der Waals surface area (Å²) in [5, 5.41) is 3.63. The van der Waals surface area contributed by atoms with Gasteiger partial charge in [0, 0.05) is 22.3 Å². The van der Waals surface area contributed by atoms with E-state index in [1.807, 2.05) is 11.3 Å². The fraction of sp³-hybridized carbons (Fsp3) is 0.647. The predicted octanol–water partition coefficient (Wildman–Crippen LogP) is 4.84. The van der Waals surface area contributed by atoms with Gasteiger partial charge in [0.05, 0.1) is 0 Å². The van der Waals surface area contributed by atoms with E-state index in [-0.39, 0.29) is 5.41 Å². The number of rotatable bonds is 5. The minimum Gasteiger partial charge on any atom is -0.310 e. The van der Waals surface area contributed by atoms with Gasteiger partial charge >= 0.3 is 0 Å². The Kier molecular flexibility index (Phi) is 4.52. The molecule has 1 aliphatic rings. The van der Waals surface area contributed by atoms with Crippen molar-refractivity contribution in [3.05, 3.63) is 27.5 Å². The summed E-state index contributed by atoms with van der Waals surface area (Å²) in [6, 6.07) is 5.34. The Balaban J connectivity index is 2.08. The van der Waals surface area contributed by atoms with Crippen LogP contribution < -0.4 is 5.32 Å².